The average Bonchev–Trinajstić information content (AvgIpc) is 2.55. The molecule has 0 aromatic carbocycles. The summed E-state index contributed by atoms with van der Waals surface area (Å²) in [5.74, 6) is -4.09. The standard InChI is InChI=1S/C14H24N4O7S/c1-7(17-13(23)8(15)5-11(20)21)12(22)16-6-10(19)18-9(14(24)25)3-4-26-2/h7-9H,3-6,15H2,1-2H3,(H,16,22)(H,17,23)(H,18,19)(H,20,21)(H,24,25). The van der Waals surface area contributed by atoms with E-state index in [0.717, 1.165) is 0 Å². The number of nitrogens with one attached hydrogen (secondary N) is 3. The molecule has 0 aromatic heterocycles. The van der Waals surface area contributed by atoms with Gasteiger partial charge in [-0.3, -0.25) is 19.2 Å². The Balaban J connectivity index is 4.37. The number of carboxylic acid groups (broad SMARTS) is 2. The number of aliphatic carboxylic acids is 2. The monoisotopic (exact) mass is 392 g/mol. The van der Waals surface area contributed by atoms with Crippen molar-refractivity contribution in [1.29, 1.82) is 0 Å². The highest BCUT2D eigenvalue weighted by Crippen LogP contribution is 2.00. The van der Waals surface area contributed by atoms with E-state index in [9.17, 15) is 24.0 Å². The fourth-order valence-electron chi connectivity index (χ4n) is 1.73. The first-order valence-electron chi connectivity index (χ1n) is 7.65. The van der Waals surface area contributed by atoms with Crippen molar-refractivity contribution in [2.24, 2.45) is 5.73 Å². The van der Waals surface area contributed by atoms with Crippen molar-refractivity contribution in [2.75, 3.05) is 18.6 Å². The van der Waals surface area contributed by atoms with Gasteiger partial charge in [-0.2, -0.15) is 11.8 Å². The molecule has 148 valence electrons. The van der Waals surface area contributed by atoms with E-state index in [1.165, 1.54) is 18.7 Å². The lowest BCUT2D eigenvalue weighted by atomic mass is 10.2. The molecule has 0 saturated carbocycles. The van der Waals surface area contributed by atoms with E-state index < -0.39 is 60.8 Å². The number of rotatable bonds is 12. The molecule has 3 atom stereocenters. The molecule has 0 heterocycles. The third-order valence-corrected chi connectivity index (χ3v) is 3.79. The fourth-order valence-corrected chi connectivity index (χ4v) is 2.20. The average molecular weight is 392 g/mol. The maximum absolute atomic E-state index is 11.8. The third kappa shape index (κ3) is 9.84. The molecule has 0 fully saturated rings. The van der Waals surface area contributed by atoms with Gasteiger partial charge in [-0.05, 0) is 25.4 Å². The van der Waals surface area contributed by atoms with Gasteiger partial charge in [0.05, 0.1) is 19.0 Å². The SMILES string of the molecule is CSCCC(NC(=O)CNC(=O)C(C)NC(=O)C(N)CC(=O)O)C(=O)O. The summed E-state index contributed by atoms with van der Waals surface area (Å²) in [5.41, 5.74) is 5.37. The van der Waals surface area contributed by atoms with E-state index in [2.05, 4.69) is 16.0 Å². The molecule has 12 heteroatoms. The zero-order chi connectivity index (χ0) is 20.3. The van der Waals surface area contributed by atoms with E-state index in [1.807, 2.05) is 0 Å². The van der Waals surface area contributed by atoms with Crippen molar-refractivity contribution in [3.05, 3.63) is 0 Å². The van der Waals surface area contributed by atoms with Gasteiger partial charge in [-0.15, -0.1) is 0 Å². The highest BCUT2D eigenvalue weighted by atomic mass is 32.2. The summed E-state index contributed by atoms with van der Waals surface area (Å²) in [5, 5.41) is 24.3. The first-order valence-corrected chi connectivity index (χ1v) is 9.04. The Morgan fingerprint density at radius 3 is 2.19 bits per heavy atom. The molecule has 3 amide bonds. The van der Waals surface area contributed by atoms with Crippen LogP contribution >= 0.6 is 11.8 Å². The first kappa shape index (κ1) is 23.7. The van der Waals surface area contributed by atoms with Crippen molar-refractivity contribution in [1.82, 2.24) is 16.0 Å². The predicted octanol–water partition coefficient (Wildman–Crippen LogP) is -2.27. The molecule has 0 spiro atoms. The van der Waals surface area contributed by atoms with Crippen LogP contribution < -0.4 is 21.7 Å². The lowest BCUT2D eigenvalue weighted by molar-refractivity contribution is -0.141. The summed E-state index contributed by atoms with van der Waals surface area (Å²) >= 11 is 1.44. The van der Waals surface area contributed by atoms with Crippen LogP contribution in [0.3, 0.4) is 0 Å². The number of hydrogen-bond acceptors (Lipinski definition) is 7. The topological polar surface area (TPSA) is 188 Å². The fraction of sp³-hybridized carbons (Fsp3) is 0.643. The lowest BCUT2D eigenvalue weighted by Gasteiger charge is -2.17. The highest BCUT2D eigenvalue weighted by Gasteiger charge is 2.23. The largest absolute Gasteiger partial charge is 0.481 e. The van der Waals surface area contributed by atoms with Crippen LogP contribution in [-0.4, -0.2) is 76.6 Å². The summed E-state index contributed by atoms with van der Waals surface area (Å²) in [4.78, 5) is 56.7. The molecule has 0 saturated heterocycles. The molecule has 0 aliphatic rings. The third-order valence-electron chi connectivity index (χ3n) is 3.15. The number of carboxylic acids is 2. The Morgan fingerprint density at radius 2 is 1.69 bits per heavy atom. The predicted molar refractivity (Wildman–Crippen MR) is 93.4 cm³/mol. The second-order valence-corrected chi connectivity index (χ2v) is 6.38. The Hall–Kier alpha value is -2.34. The van der Waals surface area contributed by atoms with Gasteiger partial charge in [0.15, 0.2) is 0 Å². The molecule has 3 unspecified atom stereocenters. The maximum Gasteiger partial charge on any atom is 0.326 e. The molecule has 0 bridgehead atoms. The van der Waals surface area contributed by atoms with E-state index in [-0.39, 0.29) is 6.42 Å². The second kappa shape index (κ2) is 12.1. The van der Waals surface area contributed by atoms with Gasteiger partial charge < -0.3 is 31.9 Å². The summed E-state index contributed by atoms with van der Waals surface area (Å²) < 4.78 is 0. The van der Waals surface area contributed by atoms with E-state index in [1.54, 1.807) is 6.26 Å². The molecule has 0 aliphatic heterocycles. The minimum absolute atomic E-state index is 0.240. The van der Waals surface area contributed by atoms with Gasteiger partial charge in [0, 0.05) is 0 Å². The van der Waals surface area contributed by atoms with Crippen LogP contribution in [0.1, 0.15) is 19.8 Å². The summed E-state index contributed by atoms with van der Waals surface area (Å²) in [6.07, 6.45) is 1.46. The van der Waals surface area contributed by atoms with Crippen molar-refractivity contribution < 1.29 is 34.2 Å². The van der Waals surface area contributed by atoms with Gasteiger partial charge in [-0.1, -0.05) is 0 Å². The van der Waals surface area contributed by atoms with Gasteiger partial charge in [-0.25, -0.2) is 4.79 Å². The van der Waals surface area contributed by atoms with Crippen LogP contribution in [0.25, 0.3) is 0 Å². The minimum Gasteiger partial charge on any atom is -0.481 e. The molecular formula is C14H24N4O7S. The van der Waals surface area contributed by atoms with Crippen molar-refractivity contribution in [2.45, 2.75) is 37.9 Å². The highest BCUT2D eigenvalue weighted by molar-refractivity contribution is 7.98. The summed E-state index contributed by atoms with van der Waals surface area (Å²) in [7, 11) is 0. The molecule has 7 N–H and O–H groups in total. The van der Waals surface area contributed by atoms with Crippen LogP contribution in [-0.2, 0) is 24.0 Å². The van der Waals surface area contributed by atoms with Gasteiger partial charge in [0.1, 0.15) is 12.1 Å². The minimum atomic E-state index is -1.31. The number of carbonyl (C=O) groups excluding carboxylic acids is 3. The van der Waals surface area contributed by atoms with Crippen molar-refractivity contribution in [3.63, 3.8) is 0 Å². The molecular weight excluding hydrogens is 368 g/mol. The summed E-state index contributed by atoms with van der Waals surface area (Å²) in [6, 6.07) is -3.42. The molecule has 0 rings (SSSR count). The number of carbonyl (C=O) groups is 5. The smallest absolute Gasteiger partial charge is 0.326 e. The van der Waals surface area contributed by atoms with Crippen molar-refractivity contribution >= 4 is 41.4 Å². The van der Waals surface area contributed by atoms with Gasteiger partial charge in [0.2, 0.25) is 17.7 Å². The molecule has 11 nitrogen and oxygen atoms in total. The number of hydrogen-bond donors (Lipinski definition) is 6. The lowest BCUT2D eigenvalue weighted by Crippen LogP contribution is -2.52. The molecule has 0 aliphatic carbocycles. The number of amides is 3. The first-order chi connectivity index (χ1) is 12.1. The second-order valence-electron chi connectivity index (χ2n) is 5.39. The Morgan fingerprint density at radius 1 is 1.08 bits per heavy atom. The van der Waals surface area contributed by atoms with Crippen LogP contribution in [0, 0.1) is 0 Å². The normalized spacial score (nSPS) is 13.8. The van der Waals surface area contributed by atoms with Crippen LogP contribution in [0.15, 0.2) is 0 Å². The Kier molecular flexibility index (Phi) is 11.0. The van der Waals surface area contributed by atoms with E-state index in [0.29, 0.717) is 5.75 Å². The van der Waals surface area contributed by atoms with E-state index in [4.69, 9.17) is 15.9 Å². The van der Waals surface area contributed by atoms with Gasteiger partial charge >= 0.3 is 11.9 Å². The van der Waals surface area contributed by atoms with Crippen LogP contribution in [0.2, 0.25) is 0 Å². The van der Waals surface area contributed by atoms with Crippen LogP contribution in [0.5, 0.6) is 0 Å². The zero-order valence-electron chi connectivity index (χ0n) is 14.5. The van der Waals surface area contributed by atoms with Crippen molar-refractivity contribution in [3.8, 4) is 0 Å². The number of nitrogens with two attached hydrogens (primary N) is 1. The Labute approximate surface area is 154 Å². The zero-order valence-corrected chi connectivity index (χ0v) is 15.3. The number of thioether (sulfide) groups is 1. The molecule has 26 heavy (non-hydrogen) atoms. The summed E-state index contributed by atoms with van der Waals surface area (Å²) in [6.45, 7) is 0.862. The molecule has 0 radical (unpaired) electrons. The Bertz CT molecular complexity index is 543. The van der Waals surface area contributed by atoms with Crippen LogP contribution in [0.4, 0.5) is 0 Å². The quantitative estimate of drug-likeness (QED) is 0.213. The van der Waals surface area contributed by atoms with Gasteiger partial charge in [0.25, 0.3) is 0 Å². The molecule has 0 aromatic rings. The maximum atomic E-state index is 11.8. The van der Waals surface area contributed by atoms with E-state index >= 15 is 0 Å².